The van der Waals surface area contributed by atoms with Gasteiger partial charge in [0, 0.05) is 6.92 Å². The van der Waals surface area contributed by atoms with Crippen molar-refractivity contribution in [3.63, 3.8) is 0 Å². The maximum atomic E-state index is 11.7. The van der Waals surface area contributed by atoms with Crippen molar-refractivity contribution in [3.8, 4) is 0 Å². The van der Waals surface area contributed by atoms with E-state index in [1.54, 1.807) is 6.92 Å². The number of nitrogens with one attached hydrogen (secondary N) is 1. The van der Waals surface area contributed by atoms with E-state index in [0.717, 1.165) is 6.42 Å². The smallest absolute Gasteiger partial charge is 0.217 e. The van der Waals surface area contributed by atoms with Crippen LogP contribution in [0, 0.1) is 17.8 Å². The molecule has 1 aliphatic rings. The molecule has 0 aliphatic heterocycles. The molecule has 1 rings (SSSR count). The summed E-state index contributed by atoms with van der Waals surface area (Å²) in [6.07, 6.45) is 2.41. The van der Waals surface area contributed by atoms with Crippen molar-refractivity contribution in [2.24, 2.45) is 17.8 Å². The number of carbonyl (C=O) groups excluding carboxylic acids is 1. The zero-order valence-electron chi connectivity index (χ0n) is 16.1. The molecule has 0 saturated heterocycles. The van der Waals surface area contributed by atoms with Gasteiger partial charge in [-0.25, -0.2) is 0 Å². The average molecular weight is 328 g/mol. The van der Waals surface area contributed by atoms with Gasteiger partial charge >= 0.3 is 0 Å². The van der Waals surface area contributed by atoms with Gasteiger partial charge in [-0.2, -0.15) is 0 Å². The number of rotatable bonds is 4. The first-order valence-electron chi connectivity index (χ1n) is 8.85. The number of carbonyl (C=O) groups is 1. The van der Waals surface area contributed by atoms with E-state index in [1.165, 1.54) is 6.42 Å². The van der Waals surface area contributed by atoms with Gasteiger partial charge in [-0.3, -0.25) is 4.79 Å². The molecule has 1 aliphatic carbocycles. The molecule has 0 spiro atoms. The molecule has 22 heavy (non-hydrogen) atoms. The molecule has 0 aromatic rings. The maximum absolute atomic E-state index is 11.7. The van der Waals surface area contributed by atoms with Gasteiger partial charge in [0.1, 0.15) is 0 Å². The Balaban J connectivity index is 3.02. The highest BCUT2D eigenvalue weighted by Crippen LogP contribution is 2.43. The molecule has 0 aromatic heterocycles. The fourth-order valence-corrected chi connectivity index (χ4v) is 4.78. The highest BCUT2D eigenvalue weighted by Gasteiger charge is 2.46. The van der Waals surface area contributed by atoms with Crippen LogP contribution < -0.4 is 5.32 Å². The third-order valence-corrected chi connectivity index (χ3v) is 10.7. The van der Waals surface area contributed by atoms with Gasteiger partial charge in [0.25, 0.3) is 0 Å². The van der Waals surface area contributed by atoms with Crippen LogP contribution in [0.2, 0.25) is 18.1 Å². The van der Waals surface area contributed by atoms with E-state index in [-0.39, 0.29) is 23.1 Å². The normalized spacial score (nSPS) is 33.6. The Morgan fingerprint density at radius 1 is 1.23 bits per heavy atom. The fraction of sp³-hybridized carbons (Fsp3) is 0.944. The standard InChI is InChI=1S/C18H37NO2Si/c1-10-15-11-16(21-22(8,9)18(5,6)7)17(19-14(4)20)13(3)12(15)2/h12-13,15-17H,10-11H2,1-9H3,(H,19,20)/t12-,13-,15?,16-,17?/m0/s1. The molecule has 1 fully saturated rings. The van der Waals surface area contributed by atoms with Crippen molar-refractivity contribution in [1.29, 1.82) is 0 Å². The van der Waals surface area contributed by atoms with Crippen molar-refractivity contribution in [1.82, 2.24) is 5.32 Å². The van der Waals surface area contributed by atoms with Gasteiger partial charge in [-0.05, 0) is 42.3 Å². The van der Waals surface area contributed by atoms with E-state index >= 15 is 0 Å². The summed E-state index contributed by atoms with van der Waals surface area (Å²) in [6.45, 7) is 19.9. The minimum atomic E-state index is -1.83. The van der Waals surface area contributed by atoms with Crippen LogP contribution in [0.5, 0.6) is 0 Å². The number of hydrogen-bond acceptors (Lipinski definition) is 2. The second-order valence-corrected chi connectivity index (χ2v) is 13.5. The lowest BCUT2D eigenvalue weighted by molar-refractivity contribution is -0.122. The SMILES string of the molecule is CCC1C[C@H](O[Si](C)(C)C(C)(C)C)C(NC(C)=O)[C@@H](C)[C@@H]1C. The van der Waals surface area contributed by atoms with Gasteiger partial charge in [0.2, 0.25) is 5.91 Å². The van der Waals surface area contributed by atoms with Crippen LogP contribution in [-0.4, -0.2) is 26.4 Å². The Labute approximate surface area is 138 Å². The predicted octanol–water partition coefficient (Wildman–Crippen LogP) is 4.58. The first kappa shape index (κ1) is 19.7. The summed E-state index contributed by atoms with van der Waals surface area (Å²) in [5.41, 5.74) is 0. The highest BCUT2D eigenvalue weighted by molar-refractivity contribution is 6.74. The van der Waals surface area contributed by atoms with Crippen molar-refractivity contribution >= 4 is 14.2 Å². The van der Waals surface area contributed by atoms with E-state index in [1.807, 2.05) is 0 Å². The third-order valence-electron chi connectivity index (χ3n) is 6.22. The van der Waals surface area contributed by atoms with Crippen LogP contribution in [0.15, 0.2) is 0 Å². The predicted molar refractivity (Wildman–Crippen MR) is 96.4 cm³/mol. The molecule has 0 radical (unpaired) electrons. The van der Waals surface area contributed by atoms with Gasteiger partial charge in [-0.1, -0.05) is 48.0 Å². The molecule has 0 bridgehead atoms. The van der Waals surface area contributed by atoms with Crippen LogP contribution in [0.3, 0.4) is 0 Å². The minimum absolute atomic E-state index is 0.0582. The Hall–Kier alpha value is -0.353. The third kappa shape index (κ3) is 4.35. The lowest BCUT2D eigenvalue weighted by atomic mass is 9.69. The lowest BCUT2D eigenvalue weighted by Crippen LogP contribution is -2.58. The second kappa shape index (κ2) is 7.04. The van der Waals surface area contributed by atoms with E-state index in [2.05, 4.69) is 60.0 Å². The van der Waals surface area contributed by atoms with Crippen LogP contribution in [0.4, 0.5) is 0 Å². The lowest BCUT2D eigenvalue weighted by Gasteiger charge is -2.49. The van der Waals surface area contributed by atoms with Crippen LogP contribution in [0.25, 0.3) is 0 Å². The molecule has 1 N–H and O–H groups in total. The first-order valence-corrected chi connectivity index (χ1v) is 11.8. The largest absolute Gasteiger partial charge is 0.412 e. The summed E-state index contributed by atoms with van der Waals surface area (Å²) in [5, 5.41) is 3.39. The summed E-state index contributed by atoms with van der Waals surface area (Å²) < 4.78 is 6.73. The summed E-state index contributed by atoms with van der Waals surface area (Å²) in [4.78, 5) is 11.7. The fourth-order valence-electron chi connectivity index (χ4n) is 3.43. The van der Waals surface area contributed by atoms with Crippen molar-refractivity contribution in [3.05, 3.63) is 0 Å². The van der Waals surface area contributed by atoms with E-state index in [9.17, 15) is 4.79 Å². The minimum Gasteiger partial charge on any atom is -0.412 e. The number of hydrogen-bond donors (Lipinski definition) is 1. The van der Waals surface area contributed by atoms with E-state index in [0.29, 0.717) is 17.8 Å². The Bertz CT molecular complexity index is 389. The molecular formula is C18H37NO2Si. The van der Waals surface area contributed by atoms with Gasteiger partial charge in [0.15, 0.2) is 8.32 Å². The molecule has 2 unspecified atom stereocenters. The molecule has 5 atom stereocenters. The Morgan fingerprint density at radius 3 is 2.18 bits per heavy atom. The van der Waals surface area contributed by atoms with Gasteiger partial charge in [-0.15, -0.1) is 0 Å². The van der Waals surface area contributed by atoms with Crippen LogP contribution >= 0.6 is 0 Å². The average Bonchev–Trinajstić information content (AvgIpc) is 2.36. The van der Waals surface area contributed by atoms with Gasteiger partial charge < -0.3 is 9.74 Å². The van der Waals surface area contributed by atoms with Crippen LogP contribution in [0.1, 0.15) is 61.3 Å². The zero-order valence-corrected chi connectivity index (χ0v) is 17.1. The van der Waals surface area contributed by atoms with Gasteiger partial charge in [0.05, 0.1) is 12.1 Å². The molecule has 1 amide bonds. The molecule has 0 aromatic carbocycles. The van der Waals surface area contributed by atoms with Crippen LogP contribution in [-0.2, 0) is 9.22 Å². The molecule has 4 heteroatoms. The molecule has 130 valence electrons. The van der Waals surface area contributed by atoms with E-state index < -0.39 is 8.32 Å². The topological polar surface area (TPSA) is 38.3 Å². The maximum Gasteiger partial charge on any atom is 0.217 e. The van der Waals surface area contributed by atoms with E-state index in [4.69, 9.17) is 4.43 Å². The first-order chi connectivity index (χ1) is 9.90. The molecule has 1 saturated carbocycles. The summed E-state index contributed by atoms with van der Waals surface area (Å²) >= 11 is 0. The molecular weight excluding hydrogens is 290 g/mol. The Morgan fingerprint density at radius 2 is 1.77 bits per heavy atom. The Kier molecular flexibility index (Phi) is 6.30. The number of amides is 1. The zero-order chi connectivity index (χ0) is 17.3. The summed E-state index contributed by atoms with van der Waals surface area (Å²) in [7, 11) is -1.83. The van der Waals surface area contributed by atoms with Crippen molar-refractivity contribution < 1.29 is 9.22 Å². The quantitative estimate of drug-likeness (QED) is 0.767. The summed E-state index contributed by atoms with van der Waals surface area (Å²) in [6, 6.07) is 0.143. The highest BCUT2D eigenvalue weighted by atomic mass is 28.4. The molecule has 0 heterocycles. The second-order valence-electron chi connectivity index (χ2n) is 8.77. The summed E-state index contributed by atoms with van der Waals surface area (Å²) in [5.74, 6) is 1.83. The molecule has 3 nitrogen and oxygen atoms in total. The van der Waals surface area contributed by atoms with Crippen molar-refractivity contribution in [2.45, 2.75) is 91.6 Å². The van der Waals surface area contributed by atoms with Crippen molar-refractivity contribution in [2.75, 3.05) is 0 Å². The monoisotopic (exact) mass is 327 g/mol.